The first-order chi connectivity index (χ1) is 12.0. The first-order valence-corrected chi connectivity index (χ1v) is 8.51. The second-order valence-corrected chi connectivity index (χ2v) is 6.60. The van der Waals surface area contributed by atoms with Gasteiger partial charge in [0.15, 0.2) is 11.9 Å². The van der Waals surface area contributed by atoms with E-state index in [0.717, 1.165) is 19.3 Å². The molecule has 1 aromatic heterocycles. The fourth-order valence-electron chi connectivity index (χ4n) is 3.46. The van der Waals surface area contributed by atoms with E-state index < -0.39 is 37.1 Å². The number of amides is 1. The number of hydrogen-bond donors (Lipinski definition) is 4. The molecule has 0 spiro atoms. The Morgan fingerprint density at radius 2 is 2.08 bits per heavy atom. The first kappa shape index (κ1) is 17.9. The number of nitrogens with two attached hydrogens (primary N) is 1. The van der Waals surface area contributed by atoms with Gasteiger partial charge in [-0.3, -0.25) is 9.36 Å². The molecule has 1 aromatic rings. The quantitative estimate of drug-likeness (QED) is 0.543. The molecular weight excluding hydrogens is 326 g/mol. The van der Waals surface area contributed by atoms with Crippen molar-refractivity contribution in [2.24, 2.45) is 11.7 Å². The number of carbonyl (C=O) groups excluding carboxylic acids is 1. The highest BCUT2D eigenvalue weighted by Crippen LogP contribution is 2.31. The average molecular weight is 349 g/mol. The molecule has 25 heavy (non-hydrogen) atoms. The van der Waals surface area contributed by atoms with E-state index in [1.807, 2.05) is 0 Å². The third-order valence-corrected chi connectivity index (χ3v) is 4.89. The lowest BCUT2D eigenvalue weighted by Crippen LogP contribution is -2.33. The Bertz CT molecular complexity index is 686. The van der Waals surface area contributed by atoms with Crippen LogP contribution in [0.1, 0.15) is 54.5 Å². The zero-order chi connectivity index (χ0) is 18.0. The zero-order valence-corrected chi connectivity index (χ0v) is 13.8. The third kappa shape index (κ3) is 3.55. The van der Waals surface area contributed by atoms with Gasteiger partial charge in [0.05, 0.1) is 12.9 Å². The summed E-state index contributed by atoms with van der Waals surface area (Å²) in [6.45, 7) is -0.436. The molecule has 2 aliphatic rings. The molecule has 0 aromatic carbocycles. The number of carbonyl (C=O) groups is 1. The van der Waals surface area contributed by atoms with Gasteiger partial charge in [0.25, 0.3) is 5.91 Å². The number of ether oxygens (including phenoxy) is 1. The molecule has 0 radical (unpaired) electrons. The van der Waals surface area contributed by atoms with Crippen LogP contribution in [0.2, 0.25) is 0 Å². The number of rotatable bonds is 4. The van der Waals surface area contributed by atoms with Crippen molar-refractivity contribution in [3.05, 3.63) is 17.7 Å². The second kappa shape index (κ2) is 7.54. The van der Waals surface area contributed by atoms with Crippen molar-refractivity contribution in [2.45, 2.75) is 56.6 Å². The maximum absolute atomic E-state index is 11.6. The molecule has 1 amide bonds. The van der Waals surface area contributed by atoms with Crippen LogP contribution < -0.4 is 5.73 Å². The van der Waals surface area contributed by atoms with Crippen LogP contribution in [0.3, 0.4) is 0 Å². The number of aliphatic hydroxyl groups is 3. The lowest BCUT2D eigenvalue weighted by Gasteiger charge is -2.17. The van der Waals surface area contributed by atoms with Gasteiger partial charge in [-0.2, -0.15) is 0 Å². The van der Waals surface area contributed by atoms with Crippen LogP contribution in [-0.4, -0.2) is 55.7 Å². The molecular formula is C17H23N3O5. The fraction of sp³-hybridized carbons (Fsp3) is 0.647. The average Bonchev–Trinajstić information content (AvgIpc) is 3.29. The number of hydrogen-bond acceptors (Lipinski definition) is 6. The van der Waals surface area contributed by atoms with Gasteiger partial charge in [-0.25, -0.2) is 4.98 Å². The highest BCUT2D eigenvalue weighted by molar-refractivity contribution is 5.93. The van der Waals surface area contributed by atoms with E-state index >= 15 is 0 Å². The molecule has 8 heteroatoms. The molecule has 8 nitrogen and oxygen atoms in total. The minimum atomic E-state index is -1.28. The summed E-state index contributed by atoms with van der Waals surface area (Å²) in [6.07, 6.45) is 2.35. The number of nitrogens with zero attached hydrogens (tertiary/aromatic N) is 2. The molecule has 1 aliphatic heterocycles. The van der Waals surface area contributed by atoms with Gasteiger partial charge in [-0.1, -0.05) is 18.8 Å². The summed E-state index contributed by atoms with van der Waals surface area (Å²) >= 11 is 0. The molecule has 2 fully saturated rings. The van der Waals surface area contributed by atoms with Gasteiger partial charge < -0.3 is 25.8 Å². The van der Waals surface area contributed by atoms with E-state index in [9.17, 15) is 20.1 Å². The molecule has 5 N–H and O–H groups in total. The summed E-state index contributed by atoms with van der Waals surface area (Å²) in [7, 11) is 0. The van der Waals surface area contributed by atoms with Crippen molar-refractivity contribution in [3.63, 3.8) is 0 Å². The molecule has 4 atom stereocenters. The van der Waals surface area contributed by atoms with E-state index in [4.69, 9.17) is 10.5 Å². The lowest BCUT2D eigenvalue weighted by atomic mass is 10.0. The topological polar surface area (TPSA) is 131 Å². The van der Waals surface area contributed by atoms with Gasteiger partial charge in [0.1, 0.15) is 24.0 Å². The molecule has 1 saturated carbocycles. The molecule has 3 rings (SSSR count). The van der Waals surface area contributed by atoms with Crippen LogP contribution >= 0.6 is 0 Å². The standard InChI is InChI=1S/C17H23N3O5/c18-16(24)13-11(7-3-6-10-4-1-2-5-10)20(9-19-13)17-15(23)14(22)12(8-21)25-17/h9-10,12,14-15,17,21-23H,1-2,4-6,8H2,(H2,18,24)/t12-,14-,15-,17?/m1/s1. The van der Waals surface area contributed by atoms with Crippen LogP contribution in [-0.2, 0) is 4.74 Å². The highest BCUT2D eigenvalue weighted by atomic mass is 16.6. The van der Waals surface area contributed by atoms with E-state index in [0.29, 0.717) is 5.92 Å². The van der Waals surface area contributed by atoms with E-state index in [1.54, 1.807) is 0 Å². The largest absolute Gasteiger partial charge is 0.394 e. The van der Waals surface area contributed by atoms with E-state index in [1.165, 1.54) is 23.7 Å². The predicted octanol–water partition coefficient (Wildman–Crippen LogP) is -0.475. The van der Waals surface area contributed by atoms with Crippen molar-refractivity contribution in [3.8, 4) is 11.8 Å². The van der Waals surface area contributed by atoms with Crippen LogP contribution in [0.25, 0.3) is 0 Å². The van der Waals surface area contributed by atoms with Gasteiger partial charge >= 0.3 is 0 Å². The Kier molecular flexibility index (Phi) is 5.39. The molecule has 136 valence electrons. The Morgan fingerprint density at radius 3 is 2.68 bits per heavy atom. The highest BCUT2D eigenvalue weighted by Gasteiger charge is 2.44. The van der Waals surface area contributed by atoms with Crippen LogP contribution in [0.4, 0.5) is 0 Å². The van der Waals surface area contributed by atoms with Crippen molar-refractivity contribution in [2.75, 3.05) is 6.61 Å². The van der Waals surface area contributed by atoms with E-state index in [-0.39, 0.29) is 11.4 Å². The monoisotopic (exact) mass is 349 g/mol. The minimum absolute atomic E-state index is 0.00309. The molecule has 1 unspecified atom stereocenters. The normalized spacial score (nSPS) is 29.6. The number of aromatic nitrogens is 2. The lowest BCUT2D eigenvalue weighted by molar-refractivity contribution is -0.0531. The smallest absolute Gasteiger partial charge is 0.270 e. The zero-order valence-electron chi connectivity index (χ0n) is 13.8. The molecule has 2 heterocycles. The number of imidazole rings is 1. The SMILES string of the molecule is NC(=O)c1ncn(C2O[C@H](CO)[C@@H](O)[C@H]2O)c1C#CCC1CCCC1. The molecule has 0 bridgehead atoms. The predicted molar refractivity (Wildman–Crippen MR) is 87.2 cm³/mol. The van der Waals surface area contributed by atoms with Crippen molar-refractivity contribution in [1.82, 2.24) is 9.55 Å². The second-order valence-electron chi connectivity index (χ2n) is 6.60. The van der Waals surface area contributed by atoms with E-state index in [2.05, 4.69) is 16.8 Å². The summed E-state index contributed by atoms with van der Waals surface area (Å²) in [5.41, 5.74) is 5.61. The molecule has 1 aliphatic carbocycles. The summed E-state index contributed by atoms with van der Waals surface area (Å²) in [6, 6.07) is 0. The summed E-state index contributed by atoms with van der Waals surface area (Å²) in [5.74, 6) is 5.84. The first-order valence-electron chi connectivity index (χ1n) is 8.51. The van der Waals surface area contributed by atoms with Crippen molar-refractivity contribution >= 4 is 5.91 Å². The van der Waals surface area contributed by atoms with Gasteiger partial charge in [0.2, 0.25) is 0 Å². The maximum Gasteiger partial charge on any atom is 0.270 e. The third-order valence-electron chi connectivity index (χ3n) is 4.89. The Hall–Kier alpha value is -1.92. The van der Waals surface area contributed by atoms with Gasteiger partial charge in [0, 0.05) is 6.42 Å². The molecule has 1 saturated heterocycles. The van der Waals surface area contributed by atoms with Crippen LogP contribution in [0.15, 0.2) is 6.33 Å². The van der Waals surface area contributed by atoms with Crippen molar-refractivity contribution in [1.29, 1.82) is 0 Å². The fourth-order valence-corrected chi connectivity index (χ4v) is 3.46. The van der Waals surface area contributed by atoms with Crippen molar-refractivity contribution < 1.29 is 24.9 Å². The Labute approximate surface area is 145 Å². The van der Waals surface area contributed by atoms with Crippen LogP contribution in [0.5, 0.6) is 0 Å². The maximum atomic E-state index is 11.6. The minimum Gasteiger partial charge on any atom is -0.394 e. The number of primary amides is 1. The summed E-state index contributed by atoms with van der Waals surface area (Å²) in [5, 5.41) is 29.3. The number of aliphatic hydroxyl groups excluding tert-OH is 3. The van der Waals surface area contributed by atoms with Crippen LogP contribution in [0, 0.1) is 17.8 Å². The Morgan fingerprint density at radius 1 is 1.36 bits per heavy atom. The van der Waals surface area contributed by atoms with Gasteiger partial charge in [-0.05, 0) is 24.7 Å². The summed E-state index contributed by atoms with van der Waals surface area (Å²) in [4.78, 5) is 15.6. The Balaban J connectivity index is 1.87. The summed E-state index contributed by atoms with van der Waals surface area (Å²) < 4.78 is 6.88. The van der Waals surface area contributed by atoms with Gasteiger partial charge in [-0.15, -0.1) is 0 Å².